The van der Waals surface area contributed by atoms with Crippen LogP contribution in [0.15, 0.2) is 0 Å². The van der Waals surface area contributed by atoms with Gasteiger partial charge in [0.25, 0.3) is 0 Å². The van der Waals surface area contributed by atoms with E-state index in [0.717, 1.165) is 19.5 Å². The summed E-state index contributed by atoms with van der Waals surface area (Å²) in [4.78, 5) is 15.8. The van der Waals surface area contributed by atoms with Gasteiger partial charge in [-0.25, -0.2) is 0 Å². The van der Waals surface area contributed by atoms with Gasteiger partial charge >= 0.3 is 0 Å². The van der Waals surface area contributed by atoms with Gasteiger partial charge in [0.1, 0.15) is 0 Å². The molecule has 1 saturated heterocycles. The second-order valence-corrected chi connectivity index (χ2v) is 4.52. The van der Waals surface area contributed by atoms with Crippen LogP contribution in [0.2, 0.25) is 0 Å². The molecule has 1 aliphatic rings. The minimum Gasteiger partial charge on any atom is -0.388 e. The Balaban J connectivity index is -0.000000399. The zero-order chi connectivity index (χ0) is 17.1. The number of carbonyl (C=O) groups is 1. The number of amides is 1. The van der Waals surface area contributed by atoms with Gasteiger partial charge < -0.3 is 14.5 Å². The maximum Gasteiger partial charge on any atom is 0.223 e. The largest absolute Gasteiger partial charge is 0.388 e. The molecule has 0 aromatic carbocycles. The maximum absolute atomic E-state index is 11.6. The molecule has 0 aliphatic carbocycles. The average molecular weight is 305 g/mol. The van der Waals surface area contributed by atoms with Crippen molar-refractivity contribution in [2.75, 3.05) is 47.4 Å². The van der Waals surface area contributed by atoms with Crippen LogP contribution in [0.3, 0.4) is 0 Å². The van der Waals surface area contributed by atoms with Gasteiger partial charge in [0.2, 0.25) is 5.91 Å². The van der Waals surface area contributed by atoms with Crippen molar-refractivity contribution in [1.29, 1.82) is 0 Å². The van der Waals surface area contributed by atoms with Crippen molar-refractivity contribution in [1.82, 2.24) is 9.80 Å². The predicted molar refractivity (Wildman–Crippen MR) is 93.8 cm³/mol. The first-order valence-electron chi connectivity index (χ1n) is 8.52. The maximum atomic E-state index is 11.6. The number of rotatable bonds is 5. The molecule has 21 heavy (non-hydrogen) atoms. The van der Waals surface area contributed by atoms with Gasteiger partial charge in [0, 0.05) is 40.8 Å². The lowest BCUT2D eigenvalue weighted by molar-refractivity contribution is -0.130. The van der Waals surface area contributed by atoms with E-state index >= 15 is 0 Å². The van der Waals surface area contributed by atoms with E-state index in [1.807, 2.05) is 39.6 Å². The minimum absolute atomic E-state index is 0.291. The van der Waals surface area contributed by atoms with Crippen LogP contribution in [0.5, 0.6) is 0 Å². The summed E-state index contributed by atoms with van der Waals surface area (Å²) in [5, 5.41) is 0. The Morgan fingerprint density at radius 3 is 1.90 bits per heavy atom. The summed E-state index contributed by atoms with van der Waals surface area (Å²) in [5.74, 6) is 0.291. The van der Waals surface area contributed by atoms with E-state index in [-0.39, 0.29) is 0 Å². The number of carbonyl (C=O) groups excluding carboxylic acids is 1. The molecule has 1 amide bonds. The molecule has 1 rings (SSSR count). The molecular weight excluding hydrogens is 264 g/mol. The Hall–Kier alpha value is -0.610. The summed E-state index contributed by atoms with van der Waals surface area (Å²) < 4.78 is 4.25. The number of ether oxygens (including phenoxy) is 1. The van der Waals surface area contributed by atoms with Gasteiger partial charge in [-0.05, 0) is 32.4 Å². The normalized spacial score (nSPS) is 13.0. The summed E-state index contributed by atoms with van der Waals surface area (Å²) >= 11 is 0. The molecule has 1 aliphatic heterocycles. The van der Waals surface area contributed by atoms with Crippen molar-refractivity contribution in [2.45, 2.75) is 60.3 Å². The van der Waals surface area contributed by atoms with Gasteiger partial charge in [-0.3, -0.25) is 4.79 Å². The highest BCUT2D eigenvalue weighted by atomic mass is 16.4. The molecule has 1 fully saturated rings. The third-order valence-electron chi connectivity index (χ3n) is 2.83. The Morgan fingerprint density at radius 1 is 1.10 bits per heavy atom. The van der Waals surface area contributed by atoms with E-state index in [2.05, 4.69) is 16.6 Å². The van der Waals surface area contributed by atoms with E-state index in [4.69, 9.17) is 0 Å². The minimum atomic E-state index is 0.291. The van der Waals surface area contributed by atoms with Crippen molar-refractivity contribution in [2.24, 2.45) is 0 Å². The van der Waals surface area contributed by atoms with Crippen LogP contribution in [0, 0.1) is 0 Å². The molecule has 0 atom stereocenters. The van der Waals surface area contributed by atoms with Crippen molar-refractivity contribution in [3.05, 3.63) is 0 Å². The summed E-state index contributed by atoms with van der Waals surface area (Å²) in [6, 6.07) is 0. The Bertz CT molecular complexity index is 193. The Kier molecular flexibility index (Phi) is 26.2. The topological polar surface area (TPSA) is 32.8 Å². The summed E-state index contributed by atoms with van der Waals surface area (Å²) in [6.07, 6.45) is 4.35. The third-order valence-corrected chi connectivity index (χ3v) is 2.83. The standard InChI is InChI=1S/C11H22N2O.C2H6O.2C2H6/c1-3-7-12(2)11(14)6-10-13-8-4-5-9-13;1-3-2;2*1-2/h3-10H2,1-2H3;1-2H3;2*1-2H3. The van der Waals surface area contributed by atoms with Gasteiger partial charge in [0.05, 0.1) is 0 Å². The lowest BCUT2D eigenvalue weighted by Gasteiger charge is -2.19. The molecule has 0 N–H and O–H groups in total. The lowest BCUT2D eigenvalue weighted by Crippen LogP contribution is -2.31. The van der Waals surface area contributed by atoms with E-state index in [1.54, 1.807) is 14.2 Å². The van der Waals surface area contributed by atoms with Crippen LogP contribution in [0.25, 0.3) is 0 Å². The third kappa shape index (κ3) is 17.3. The fourth-order valence-electron chi connectivity index (χ4n) is 1.91. The zero-order valence-electron chi connectivity index (χ0n) is 15.9. The molecule has 4 heteroatoms. The van der Waals surface area contributed by atoms with Crippen LogP contribution in [0.4, 0.5) is 0 Å². The molecule has 0 aromatic heterocycles. The number of hydrogen-bond donors (Lipinski definition) is 0. The average Bonchev–Trinajstić information content (AvgIpc) is 3.03. The van der Waals surface area contributed by atoms with Crippen LogP contribution >= 0.6 is 0 Å². The van der Waals surface area contributed by atoms with Crippen LogP contribution in [-0.2, 0) is 9.53 Å². The molecule has 4 nitrogen and oxygen atoms in total. The molecular formula is C17H40N2O2. The molecule has 0 saturated carbocycles. The first-order chi connectivity index (χ1) is 10.2. The van der Waals surface area contributed by atoms with Crippen molar-refractivity contribution in [3.8, 4) is 0 Å². The highest BCUT2D eigenvalue weighted by Crippen LogP contribution is 2.07. The van der Waals surface area contributed by atoms with E-state index in [1.165, 1.54) is 25.9 Å². The summed E-state index contributed by atoms with van der Waals surface area (Å²) in [5.41, 5.74) is 0. The lowest BCUT2D eigenvalue weighted by atomic mass is 10.3. The highest BCUT2D eigenvalue weighted by Gasteiger charge is 2.14. The molecule has 0 unspecified atom stereocenters. The van der Waals surface area contributed by atoms with Gasteiger partial charge in [-0.2, -0.15) is 0 Å². The highest BCUT2D eigenvalue weighted by molar-refractivity contribution is 5.76. The first kappa shape index (κ1) is 25.3. The number of methoxy groups -OCH3 is 1. The molecule has 0 radical (unpaired) electrons. The number of nitrogens with zero attached hydrogens (tertiary/aromatic N) is 2. The molecule has 0 spiro atoms. The molecule has 1 heterocycles. The number of likely N-dealkylation sites (tertiary alicyclic amines) is 1. The predicted octanol–water partition coefficient (Wildman–Crippen LogP) is 3.66. The van der Waals surface area contributed by atoms with E-state index < -0.39 is 0 Å². The Labute approximate surface area is 133 Å². The monoisotopic (exact) mass is 304 g/mol. The fourth-order valence-corrected chi connectivity index (χ4v) is 1.91. The fraction of sp³-hybridized carbons (Fsp3) is 0.941. The molecule has 0 aromatic rings. The summed E-state index contributed by atoms with van der Waals surface area (Å²) in [7, 11) is 5.15. The van der Waals surface area contributed by atoms with Crippen molar-refractivity contribution < 1.29 is 9.53 Å². The van der Waals surface area contributed by atoms with Gasteiger partial charge in [-0.1, -0.05) is 34.6 Å². The second kappa shape index (κ2) is 21.7. The first-order valence-corrected chi connectivity index (χ1v) is 8.52. The zero-order valence-corrected chi connectivity index (χ0v) is 15.9. The van der Waals surface area contributed by atoms with Crippen molar-refractivity contribution in [3.63, 3.8) is 0 Å². The van der Waals surface area contributed by atoms with Gasteiger partial charge in [0.15, 0.2) is 0 Å². The quantitative estimate of drug-likeness (QED) is 0.777. The molecule has 0 bridgehead atoms. The van der Waals surface area contributed by atoms with Crippen LogP contribution < -0.4 is 0 Å². The van der Waals surface area contributed by atoms with E-state index in [0.29, 0.717) is 12.3 Å². The van der Waals surface area contributed by atoms with Crippen molar-refractivity contribution >= 4 is 5.91 Å². The van der Waals surface area contributed by atoms with Crippen LogP contribution in [0.1, 0.15) is 60.3 Å². The Morgan fingerprint density at radius 2 is 1.52 bits per heavy atom. The smallest absolute Gasteiger partial charge is 0.223 e. The van der Waals surface area contributed by atoms with Crippen LogP contribution in [-0.4, -0.2) is 63.2 Å². The van der Waals surface area contributed by atoms with Gasteiger partial charge in [-0.15, -0.1) is 0 Å². The molecule has 130 valence electrons. The summed E-state index contributed by atoms with van der Waals surface area (Å²) in [6.45, 7) is 14.3. The van der Waals surface area contributed by atoms with E-state index in [9.17, 15) is 4.79 Å². The second-order valence-electron chi connectivity index (χ2n) is 4.52. The SMILES string of the molecule is CC.CC.CCCN(C)C(=O)CCN1CCCC1.COC. The number of hydrogen-bond acceptors (Lipinski definition) is 3.